The molecule has 6 nitrogen and oxygen atoms in total. The summed E-state index contributed by atoms with van der Waals surface area (Å²) in [7, 11) is -0.438. The average Bonchev–Trinajstić information content (AvgIpc) is 2.44. The summed E-state index contributed by atoms with van der Waals surface area (Å²) in [6, 6.07) is 4.68. The topological polar surface area (TPSA) is 84.7 Å². The number of benzene rings is 1. The Kier molecular flexibility index (Phi) is 6.94. The predicted molar refractivity (Wildman–Crippen MR) is 85.9 cm³/mol. The van der Waals surface area contributed by atoms with Crippen molar-refractivity contribution in [1.29, 1.82) is 0 Å². The van der Waals surface area contributed by atoms with E-state index in [0.717, 1.165) is 19.4 Å². The van der Waals surface area contributed by atoms with Gasteiger partial charge in [-0.15, -0.1) is 0 Å². The molecule has 0 radical (unpaired) electrons. The van der Waals surface area contributed by atoms with Crippen LogP contribution in [0.4, 0.5) is 11.4 Å². The number of hydrogen-bond donors (Lipinski definition) is 2. The largest absolute Gasteiger partial charge is 0.397 e. The van der Waals surface area contributed by atoms with Crippen molar-refractivity contribution in [3.63, 3.8) is 0 Å². The Labute approximate surface area is 127 Å². The highest BCUT2D eigenvalue weighted by Crippen LogP contribution is 2.24. The Balaban J connectivity index is 2.67. The van der Waals surface area contributed by atoms with E-state index in [1.807, 2.05) is 0 Å². The molecule has 0 atom stereocenters. The van der Waals surface area contributed by atoms with Crippen molar-refractivity contribution in [1.82, 2.24) is 4.31 Å². The molecule has 1 aromatic carbocycles. The van der Waals surface area contributed by atoms with Gasteiger partial charge in [0.05, 0.1) is 16.3 Å². The third-order valence-corrected chi connectivity index (χ3v) is 4.74. The van der Waals surface area contributed by atoms with E-state index in [-0.39, 0.29) is 4.90 Å². The Hall–Kier alpha value is -1.31. The quantitative estimate of drug-likeness (QED) is 0.536. The molecular formula is C14H25N3O3S. The summed E-state index contributed by atoms with van der Waals surface area (Å²) >= 11 is 0. The summed E-state index contributed by atoms with van der Waals surface area (Å²) in [4.78, 5) is 0.228. The minimum atomic E-state index is -3.45. The van der Waals surface area contributed by atoms with Crippen LogP contribution in [0.5, 0.6) is 0 Å². The summed E-state index contributed by atoms with van der Waals surface area (Å²) in [6.07, 6.45) is 1.84. The van der Waals surface area contributed by atoms with E-state index in [1.54, 1.807) is 12.1 Å². The molecule has 0 saturated carbocycles. The number of anilines is 2. The molecule has 0 amide bonds. The molecule has 0 saturated heterocycles. The standard InChI is InChI=1S/C14H25N3O3S/c1-4-9-20-10-5-8-16-14-11-12(6-7-13(14)15)21(18,19)17(2)3/h6-7,11,16H,4-5,8-10,15H2,1-3H3. The Morgan fingerprint density at radius 2 is 2.00 bits per heavy atom. The number of sulfonamides is 1. The van der Waals surface area contributed by atoms with E-state index >= 15 is 0 Å². The van der Waals surface area contributed by atoms with Crippen molar-refractivity contribution in [3.8, 4) is 0 Å². The lowest BCUT2D eigenvalue weighted by Gasteiger charge is -2.14. The fourth-order valence-electron chi connectivity index (χ4n) is 1.70. The second-order valence-corrected chi connectivity index (χ2v) is 7.08. The molecule has 0 aromatic heterocycles. The normalized spacial score (nSPS) is 11.8. The lowest BCUT2D eigenvalue weighted by molar-refractivity contribution is 0.134. The highest BCUT2D eigenvalue weighted by molar-refractivity contribution is 7.89. The minimum absolute atomic E-state index is 0.228. The van der Waals surface area contributed by atoms with Crippen molar-refractivity contribution < 1.29 is 13.2 Å². The van der Waals surface area contributed by atoms with Gasteiger partial charge in [-0.2, -0.15) is 0 Å². The number of nitrogens with zero attached hydrogens (tertiary/aromatic N) is 1. The van der Waals surface area contributed by atoms with Crippen molar-refractivity contribution in [3.05, 3.63) is 18.2 Å². The van der Waals surface area contributed by atoms with E-state index in [0.29, 0.717) is 24.5 Å². The van der Waals surface area contributed by atoms with E-state index in [1.165, 1.54) is 24.5 Å². The van der Waals surface area contributed by atoms with Crippen LogP contribution in [0.1, 0.15) is 19.8 Å². The van der Waals surface area contributed by atoms with Gasteiger partial charge in [-0.1, -0.05) is 6.92 Å². The van der Waals surface area contributed by atoms with Gasteiger partial charge in [0.1, 0.15) is 0 Å². The highest BCUT2D eigenvalue weighted by Gasteiger charge is 2.18. The molecule has 0 unspecified atom stereocenters. The SMILES string of the molecule is CCCOCCCNc1cc(S(=O)(=O)N(C)C)ccc1N. The van der Waals surface area contributed by atoms with Gasteiger partial charge in [0.25, 0.3) is 0 Å². The third kappa shape index (κ3) is 5.18. The molecule has 0 aliphatic carbocycles. The molecule has 0 aliphatic heterocycles. The fourth-order valence-corrected chi connectivity index (χ4v) is 2.63. The maximum atomic E-state index is 12.1. The molecule has 3 N–H and O–H groups in total. The van der Waals surface area contributed by atoms with E-state index in [4.69, 9.17) is 10.5 Å². The number of hydrogen-bond acceptors (Lipinski definition) is 5. The molecule has 1 aromatic rings. The zero-order valence-electron chi connectivity index (χ0n) is 12.9. The van der Waals surface area contributed by atoms with Crippen LogP contribution in [0.15, 0.2) is 23.1 Å². The van der Waals surface area contributed by atoms with Gasteiger partial charge in [-0.3, -0.25) is 0 Å². The smallest absolute Gasteiger partial charge is 0.242 e. The number of nitrogens with one attached hydrogen (secondary N) is 1. The Bertz CT molecular complexity index is 544. The second kappa shape index (κ2) is 8.21. The molecule has 7 heteroatoms. The van der Waals surface area contributed by atoms with Crippen molar-refractivity contribution >= 4 is 21.4 Å². The summed E-state index contributed by atoms with van der Waals surface area (Å²) < 4.78 is 30.7. The lowest BCUT2D eigenvalue weighted by Crippen LogP contribution is -2.22. The van der Waals surface area contributed by atoms with Crippen LogP contribution in [0.25, 0.3) is 0 Å². The molecule has 0 aliphatic rings. The van der Waals surface area contributed by atoms with E-state index in [9.17, 15) is 8.42 Å². The van der Waals surface area contributed by atoms with E-state index in [2.05, 4.69) is 12.2 Å². The number of rotatable bonds is 9. The van der Waals surface area contributed by atoms with Gasteiger partial charge >= 0.3 is 0 Å². The summed E-state index contributed by atoms with van der Waals surface area (Å²) in [5.41, 5.74) is 7.03. The summed E-state index contributed by atoms with van der Waals surface area (Å²) in [5, 5.41) is 3.15. The Morgan fingerprint density at radius 3 is 2.62 bits per heavy atom. The molecule has 1 rings (SSSR count). The van der Waals surface area contributed by atoms with Gasteiger partial charge in [0, 0.05) is 33.9 Å². The van der Waals surface area contributed by atoms with Gasteiger partial charge in [0.2, 0.25) is 10.0 Å². The first-order chi connectivity index (χ1) is 9.89. The zero-order valence-corrected chi connectivity index (χ0v) is 13.7. The molecular weight excluding hydrogens is 290 g/mol. The van der Waals surface area contributed by atoms with Crippen LogP contribution in [-0.4, -0.2) is 46.6 Å². The molecule has 0 heterocycles. The van der Waals surface area contributed by atoms with Gasteiger partial charge in [-0.05, 0) is 31.0 Å². The summed E-state index contributed by atoms with van der Waals surface area (Å²) in [5.74, 6) is 0. The molecule has 21 heavy (non-hydrogen) atoms. The first-order valence-corrected chi connectivity index (χ1v) is 8.47. The number of nitrogen functional groups attached to an aromatic ring is 1. The maximum absolute atomic E-state index is 12.1. The van der Waals surface area contributed by atoms with Crippen molar-refractivity contribution in [2.75, 3.05) is 44.9 Å². The van der Waals surface area contributed by atoms with Gasteiger partial charge in [-0.25, -0.2) is 12.7 Å². The minimum Gasteiger partial charge on any atom is -0.397 e. The molecule has 0 bridgehead atoms. The second-order valence-electron chi connectivity index (χ2n) is 4.93. The zero-order chi connectivity index (χ0) is 15.9. The Morgan fingerprint density at radius 1 is 1.29 bits per heavy atom. The molecule has 0 fully saturated rings. The third-order valence-electron chi connectivity index (χ3n) is 2.93. The lowest BCUT2D eigenvalue weighted by atomic mass is 10.2. The van der Waals surface area contributed by atoms with Crippen LogP contribution >= 0.6 is 0 Å². The van der Waals surface area contributed by atoms with Crippen molar-refractivity contribution in [2.24, 2.45) is 0 Å². The van der Waals surface area contributed by atoms with Crippen molar-refractivity contribution in [2.45, 2.75) is 24.7 Å². The number of nitrogens with two attached hydrogens (primary N) is 1. The molecule has 120 valence electrons. The van der Waals surface area contributed by atoms with Gasteiger partial charge in [0.15, 0.2) is 0 Å². The van der Waals surface area contributed by atoms with Gasteiger partial charge < -0.3 is 15.8 Å². The first kappa shape index (κ1) is 17.7. The average molecular weight is 315 g/mol. The van der Waals surface area contributed by atoms with Crippen LogP contribution in [0.3, 0.4) is 0 Å². The number of ether oxygens (including phenoxy) is 1. The highest BCUT2D eigenvalue weighted by atomic mass is 32.2. The monoisotopic (exact) mass is 315 g/mol. The fraction of sp³-hybridized carbons (Fsp3) is 0.571. The maximum Gasteiger partial charge on any atom is 0.242 e. The van der Waals surface area contributed by atoms with Crippen LogP contribution in [0, 0.1) is 0 Å². The first-order valence-electron chi connectivity index (χ1n) is 7.03. The van der Waals surface area contributed by atoms with Crippen LogP contribution in [0.2, 0.25) is 0 Å². The van der Waals surface area contributed by atoms with E-state index < -0.39 is 10.0 Å². The van der Waals surface area contributed by atoms with Crippen LogP contribution < -0.4 is 11.1 Å². The van der Waals surface area contributed by atoms with Crippen LogP contribution in [-0.2, 0) is 14.8 Å². The summed E-state index contributed by atoms with van der Waals surface area (Å²) in [6.45, 7) is 4.18. The predicted octanol–water partition coefficient (Wildman–Crippen LogP) is 1.75. The molecule has 0 spiro atoms.